The molecule has 40 heavy (non-hydrogen) atoms. The van der Waals surface area contributed by atoms with E-state index in [0.717, 1.165) is 12.1 Å². The first-order chi connectivity index (χ1) is 18.8. The molecule has 10 heteroatoms. The largest absolute Gasteiger partial charge is 0.586 e. The zero-order valence-corrected chi connectivity index (χ0v) is 24.1. The predicted octanol–water partition coefficient (Wildman–Crippen LogP) is 6.89. The molecule has 2 atom stereocenters. The van der Waals surface area contributed by atoms with Gasteiger partial charge in [0.25, 0.3) is 0 Å². The number of carbonyl (C=O) groups is 1. The van der Waals surface area contributed by atoms with Crippen LogP contribution in [0.4, 0.5) is 14.5 Å². The van der Waals surface area contributed by atoms with Gasteiger partial charge in [-0.05, 0) is 83.6 Å². The summed E-state index contributed by atoms with van der Waals surface area (Å²) in [5.41, 5.74) is 4.83. The number of nitrogens with one attached hydrogen (secondary N) is 1. The maximum Gasteiger partial charge on any atom is 0.586 e. The first-order valence-electron chi connectivity index (χ1n) is 13.0. The summed E-state index contributed by atoms with van der Waals surface area (Å²) in [6.07, 6.45) is -3.73. The molecule has 0 aliphatic carbocycles. The highest BCUT2D eigenvalue weighted by atomic mass is 32.2. The van der Waals surface area contributed by atoms with Crippen molar-refractivity contribution in [2.24, 2.45) is 0 Å². The molecule has 2 unspecified atom stereocenters. The normalized spacial score (nSPS) is 15.5. The molecular weight excluding hydrogens is 538 g/mol. The van der Waals surface area contributed by atoms with E-state index in [1.54, 1.807) is 18.2 Å². The average molecular weight is 573 g/mol. The van der Waals surface area contributed by atoms with Crippen molar-refractivity contribution in [1.29, 1.82) is 0 Å². The van der Waals surface area contributed by atoms with Gasteiger partial charge in [-0.1, -0.05) is 58.0 Å². The Kier molecular flexibility index (Phi) is 8.63. The maximum absolute atomic E-state index is 13.6. The van der Waals surface area contributed by atoms with E-state index in [2.05, 4.69) is 14.8 Å². The number of carbonyl (C=O) groups excluding carboxylic acids is 1. The van der Waals surface area contributed by atoms with Crippen LogP contribution in [0.2, 0.25) is 0 Å². The number of nitrogens with zero attached hydrogens (tertiary/aromatic N) is 1. The topological polar surface area (TPSA) is 88.1 Å². The van der Waals surface area contributed by atoms with E-state index in [4.69, 9.17) is 0 Å². The molecule has 1 amide bonds. The fourth-order valence-corrected chi connectivity index (χ4v) is 5.56. The summed E-state index contributed by atoms with van der Waals surface area (Å²) in [5.74, 6) is -0.956. The van der Waals surface area contributed by atoms with Crippen LogP contribution >= 0.6 is 0 Å². The maximum atomic E-state index is 13.6. The van der Waals surface area contributed by atoms with Gasteiger partial charge in [0, 0.05) is 12.2 Å². The summed E-state index contributed by atoms with van der Waals surface area (Å²) in [6.45, 7) is 8.49. The van der Waals surface area contributed by atoms with Crippen LogP contribution in [0.25, 0.3) is 11.1 Å². The lowest BCUT2D eigenvalue weighted by Gasteiger charge is -2.26. The van der Waals surface area contributed by atoms with E-state index in [1.165, 1.54) is 12.1 Å². The van der Waals surface area contributed by atoms with Crippen LogP contribution in [-0.2, 0) is 22.4 Å². The Morgan fingerprint density at radius 2 is 1.50 bits per heavy atom. The summed E-state index contributed by atoms with van der Waals surface area (Å²) < 4.78 is 59.5. The number of benzene rings is 3. The van der Waals surface area contributed by atoms with Gasteiger partial charge in [-0.25, -0.2) is 4.21 Å². The molecule has 0 spiro atoms. The smallest absolute Gasteiger partial charge is 0.395 e. The lowest BCUT2D eigenvalue weighted by Crippen LogP contribution is -2.27. The van der Waals surface area contributed by atoms with E-state index in [0.29, 0.717) is 33.5 Å². The molecule has 4 rings (SSSR count). The van der Waals surface area contributed by atoms with Gasteiger partial charge < -0.3 is 24.2 Å². The summed E-state index contributed by atoms with van der Waals surface area (Å²) in [7, 11) is 3.93. The van der Waals surface area contributed by atoms with E-state index in [1.807, 2.05) is 71.0 Å². The lowest BCUT2D eigenvalue weighted by atomic mass is 9.83. The molecule has 0 saturated heterocycles. The highest BCUT2D eigenvalue weighted by molar-refractivity contribution is 7.80. The van der Waals surface area contributed by atoms with Crippen molar-refractivity contribution in [1.82, 2.24) is 4.90 Å². The van der Waals surface area contributed by atoms with Crippen molar-refractivity contribution in [2.45, 2.75) is 57.6 Å². The zero-order chi connectivity index (χ0) is 29.4. The van der Waals surface area contributed by atoms with Crippen LogP contribution in [0.15, 0.2) is 54.6 Å². The Labute approximate surface area is 235 Å². The molecule has 7 nitrogen and oxygen atoms in total. The standard InChI is InChI=1S/C30H34F2N2O5S/c1-17(2)23-13-21(20-9-12-25-26(15-20)39-30(31,32)38-25)14-24(18(3)4)27(23)28(40(36)37)29(35)33-22-10-7-19(8-11-22)16-34(5)6/h7-15,17-18,28H,16H2,1-6H3,(H,33,35)(H,36,37). The van der Waals surface area contributed by atoms with Gasteiger partial charge in [-0.3, -0.25) is 4.79 Å². The predicted molar refractivity (Wildman–Crippen MR) is 152 cm³/mol. The van der Waals surface area contributed by atoms with E-state index < -0.39 is 28.5 Å². The molecule has 3 aromatic rings. The third-order valence-electron chi connectivity index (χ3n) is 6.64. The van der Waals surface area contributed by atoms with Crippen molar-refractivity contribution >= 4 is 22.7 Å². The molecule has 0 radical (unpaired) electrons. The third-order valence-corrected chi connectivity index (χ3v) is 7.50. The Hall–Kier alpha value is -3.34. The van der Waals surface area contributed by atoms with E-state index in [9.17, 15) is 22.3 Å². The Morgan fingerprint density at radius 1 is 0.925 bits per heavy atom. The second kappa shape index (κ2) is 11.6. The number of fused-ring (bicyclic) bond motifs is 1. The molecular formula is C30H34F2N2O5S. The zero-order valence-electron chi connectivity index (χ0n) is 23.3. The number of hydrogen-bond donors (Lipinski definition) is 2. The quantitative estimate of drug-likeness (QED) is 0.272. The highest BCUT2D eigenvalue weighted by Crippen LogP contribution is 2.45. The summed E-state index contributed by atoms with van der Waals surface area (Å²) in [4.78, 5) is 15.6. The SMILES string of the molecule is CC(C)c1cc(-c2ccc3c(c2)OC(F)(F)O3)cc(C(C)C)c1C(C(=O)Nc1ccc(CN(C)C)cc1)S(=O)O. The molecule has 1 heterocycles. The van der Waals surface area contributed by atoms with Gasteiger partial charge in [0.15, 0.2) is 27.8 Å². The van der Waals surface area contributed by atoms with Crippen LogP contribution in [-0.4, -0.2) is 40.0 Å². The van der Waals surface area contributed by atoms with Crippen molar-refractivity contribution in [3.05, 3.63) is 76.9 Å². The number of amides is 1. The Balaban J connectivity index is 1.75. The van der Waals surface area contributed by atoms with Gasteiger partial charge in [-0.15, -0.1) is 8.78 Å². The van der Waals surface area contributed by atoms with Crippen LogP contribution in [0, 0.1) is 0 Å². The minimum absolute atomic E-state index is 0.0549. The van der Waals surface area contributed by atoms with Gasteiger partial charge in [-0.2, -0.15) is 0 Å². The van der Waals surface area contributed by atoms with E-state index in [-0.39, 0.29) is 23.3 Å². The van der Waals surface area contributed by atoms with E-state index >= 15 is 0 Å². The van der Waals surface area contributed by atoms with Crippen molar-refractivity contribution in [3.8, 4) is 22.6 Å². The Bertz CT molecular complexity index is 1400. The minimum Gasteiger partial charge on any atom is -0.395 e. The molecule has 1 aliphatic heterocycles. The Morgan fingerprint density at radius 3 is 2.02 bits per heavy atom. The number of halogens is 2. The molecule has 2 N–H and O–H groups in total. The fraction of sp³-hybridized carbons (Fsp3) is 0.367. The van der Waals surface area contributed by atoms with Gasteiger partial charge in [0.1, 0.15) is 0 Å². The highest BCUT2D eigenvalue weighted by Gasteiger charge is 2.43. The number of anilines is 1. The molecule has 3 aromatic carbocycles. The molecule has 0 fully saturated rings. The van der Waals surface area contributed by atoms with Crippen LogP contribution in [0.3, 0.4) is 0 Å². The van der Waals surface area contributed by atoms with Gasteiger partial charge in [0.05, 0.1) is 0 Å². The number of ether oxygens (including phenoxy) is 2. The summed E-state index contributed by atoms with van der Waals surface area (Å²) in [5, 5.41) is 1.46. The molecule has 214 valence electrons. The molecule has 0 bridgehead atoms. The minimum atomic E-state index is -3.73. The molecule has 1 aliphatic rings. The first kappa shape index (κ1) is 29.6. The first-order valence-corrected chi connectivity index (χ1v) is 14.1. The second-order valence-corrected chi connectivity index (χ2v) is 11.8. The van der Waals surface area contributed by atoms with Gasteiger partial charge in [0.2, 0.25) is 5.91 Å². The van der Waals surface area contributed by atoms with Crippen molar-refractivity contribution in [3.63, 3.8) is 0 Å². The number of hydrogen-bond acceptors (Lipinski definition) is 5. The van der Waals surface area contributed by atoms with Crippen LogP contribution < -0.4 is 14.8 Å². The number of alkyl halides is 2. The second-order valence-electron chi connectivity index (χ2n) is 10.8. The average Bonchev–Trinajstić information content (AvgIpc) is 3.17. The third kappa shape index (κ3) is 6.51. The summed E-state index contributed by atoms with van der Waals surface area (Å²) >= 11 is -2.52. The number of rotatable bonds is 9. The van der Waals surface area contributed by atoms with Gasteiger partial charge >= 0.3 is 6.29 Å². The monoisotopic (exact) mass is 572 g/mol. The fourth-order valence-electron chi connectivity index (χ4n) is 4.84. The summed E-state index contributed by atoms with van der Waals surface area (Å²) in [6, 6.07) is 15.6. The van der Waals surface area contributed by atoms with Crippen LogP contribution in [0.5, 0.6) is 11.5 Å². The molecule has 0 aromatic heterocycles. The van der Waals surface area contributed by atoms with Crippen molar-refractivity contribution < 1.29 is 31.8 Å². The van der Waals surface area contributed by atoms with Crippen molar-refractivity contribution in [2.75, 3.05) is 19.4 Å². The molecule has 0 saturated carbocycles. The lowest BCUT2D eigenvalue weighted by molar-refractivity contribution is -0.286. The van der Waals surface area contributed by atoms with Crippen LogP contribution in [0.1, 0.15) is 67.0 Å².